The van der Waals surface area contributed by atoms with E-state index in [1.807, 2.05) is 0 Å². The van der Waals surface area contributed by atoms with E-state index < -0.39 is 11.0 Å². The van der Waals surface area contributed by atoms with Gasteiger partial charge < -0.3 is 14.4 Å². The maximum atomic E-state index is 12.8. The summed E-state index contributed by atoms with van der Waals surface area (Å²) in [4.78, 5) is 26.2. The summed E-state index contributed by atoms with van der Waals surface area (Å²) in [6.45, 7) is 3.92. The average Bonchev–Trinajstić information content (AvgIpc) is 2.73. The number of carbonyl (C=O) groups is 1. The predicted octanol–water partition coefficient (Wildman–Crippen LogP) is 3.32. The van der Waals surface area contributed by atoms with E-state index in [1.54, 1.807) is 17.0 Å². The Morgan fingerprint density at radius 1 is 1.00 bits per heavy atom. The standard InChI is InChI=1S/C20H22FN3O5/c21-16-2-6-18(7-3-16)28-15-1-10-22-11-13-23(14-12-22)20(25)29-19-8-4-17(5-9-19)24(26)27/h2-9H,1,10-15H2. The molecule has 0 N–H and O–H groups in total. The quantitative estimate of drug-likeness (QED) is 0.401. The Morgan fingerprint density at radius 2 is 1.62 bits per heavy atom. The van der Waals surface area contributed by atoms with E-state index >= 15 is 0 Å². The maximum Gasteiger partial charge on any atom is 0.415 e. The number of hydrogen-bond donors (Lipinski definition) is 0. The molecule has 0 aromatic heterocycles. The molecular formula is C20H22FN3O5. The van der Waals surface area contributed by atoms with Crippen LogP contribution in [-0.4, -0.2) is 60.1 Å². The first kappa shape index (κ1) is 20.5. The number of piperazine rings is 1. The third kappa shape index (κ3) is 6.15. The molecule has 8 nitrogen and oxygen atoms in total. The SMILES string of the molecule is O=C(Oc1ccc([N+](=O)[O-])cc1)N1CCN(CCCOc2ccc(F)cc2)CC1. The Kier molecular flexibility index (Phi) is 6.96. The molecule has 3 rings (SSSR count). The van der Waals surface area contributed by atoms with Crippen LogP contribution in [0, 0.1) is 15.9 Å². The van der Waals surface area contributed by atoms with Crippen molar-refractivity contribution in [3.05, 3.63) is 64.5 Å². The average molecular weight is 403 g/mol. The van der Waals surface area contributed by atoms with Gasteiger partial charge in [-0.1, -0.05) is 0 Å². The van der Waals surface area contributed by atoms with Crippen LogP contribution in [0.5, 0.6) is 11.5 Å². The minimum atomic E-state index is -0.504. The van der Waals surface area contributed by atoms with Crippen molar-refractivity contribution >= 4 is 11.8 Å². The van der Waals surface area contributed by atoms with Crippen LogP contribution in [0.1, 0.15) is 6.42 Å². The van der Waals surface area contributed by atoms with Crippen molar-refractivity contribution in [2.24, 2.45) is 0 Å². The van der Waals surface area contributed by atoms with Gasteiger partial charge in [0.1, 0.15) is 17.3 Å². The van der Waals surface area contributed by atoms with Gasteiger partial charge in [0.05, 0.1) is 11.5 Å². The highest BCUT2D eigenvalue weighted by Crippen LogP contribution is 2.18. The summed E-state index contributed by atoms with van der Waals surface area (Å²) in [6, 6.07) is 11.4. The van der Waals surface area contributed by atoms with Gasteiger partial charge in [-0.3, -0.25) is 15.0 Å². The van der Waals surface area contributed by atoms with E-state index in [4.69, 9.17) is 9.47 Å². The Bertz CT molecular complexity index is 821. The molecule has 0 spiro atoms. The fourth-order valence-corrected chi connectivity index (χ4v) is 2.96. The molecule has 0 saturated carbocycles. The van der Waals surface area contributed by atoms with Gasteiger partial charge in [-0.25, -0.2) is 9.18 Å². The molecule has 1 fully saturated rings. The molecule has 0 atom stereocenters. The van der Waals surface area contributed by atoms with Crippen molar-refractivity contribution in [2.75, 3.05) is 39.3 Å². The second-order valence-electron chi connectivity index (χ2n) is 6.60. The monoisotopic (exact) mass is 403 g/mol. The normalized spacial score (nSPS) is 14.4. The van der Waals surface area contributed by atoms with E-state index in [-0.39, 0.29) is 17.3 Å². The van der Waals surface area contributed by atoms with Gasteiger partial charge in [-0.2, -0.15) is 0 Å². The zero-order chi connectivity index (χ0) is 20.6. The van der Waals surface area contributed by atoms with Crippen LogP contribution in [0.4, 0.5) is 14.9 Å². The number of non-ortho nitro benzene ring substituents is 1. The zero-order valence-electron chi connectivity index (χ0n) is 15.8. The van der Waals surface area contributed by atoms with E-state index in [2.05, 4.69) is 4.90 Å². The van der Waals surface area contributed by atoms with Gasteiger partial charge in [0.15, 0.2) is 0 Å². The molecule has 1 aliphatic rings. The zero-order valence-corrected chi connectivity index (χ0v) is 15.8. The molecule has 0 radical (unpaired) electrons. The lowest BCUT2D eigenvalue weighted by Crippen LogP contribution is -2.49. The van der Waals surface area contributed by atoms with Crippen LogP contribution in [0.3, 0.4) is 0 Å². The first-order valence-electron chi connectivity index (χ1n) is 9.33. The molecule has 154 valence electrons. The minimum absolute atomic E-state index is 0.0539. The highest BCUT2D eigenvalue weighted by molar-refractivity contribution is 5.71. The van der Waals surface area contributed by atoms with Crippen molar-refractivity contribution in [3.63, 3.8) is 0 Å². The molecule has 9 heteroatoms. The summed E-state index contributed by atoms with van der Waals surface area (Å²) >= 11 is 0. The maximum absolute atomic E-state index is 12.8. The fraction of sp³-hybridized carbons (Fsp3) is 0.350. The number of carbonyl (C=O) groups excluding carboxylic acids is 1. The molecular weight excluding hydrogens is 381 g/mol. The van der Waals surface area contributed by atoms with Crippen LogP contribution in [0.25, 0.3) is 0 Å². The number of hydrogen-bond acceptors (Lipinski definition) is 6. The van der Waals surface area contributed by atoms with Crippen LogP contribution < -0.4 is 9.47 Å². The van der Waals surface area contributed by atoms with Crippen molar-refractivity contribution in [2.45, 2.75) is 6.42 Å². The molecule has 1 amide bonds. The second-order valence-corrected chi connectivity index (χ2v) is 6.60. The fourth-order valence-electron chi connectivity index (χ4n) is 2.96. The lowest BCUT2D eigenvalue weighted by molar-refractivity contribution is -0.384. The summed E-state index contributed by atoms with van der Waals surface area (Å²) in [5, 5.41) is 10.7. The molecule has 1 heterocycles. The number of nitro benzene ring substituents is 1. The third-order valence-electron chi connectivity index (χ3n) is 4.58. The number of amides is 1. The Balaban J connectivity index is 1.34. The number of benzene rings is 2. The molecule has 2 aromatic carbocycles. The van der Waals surface area contributed by atoms with Crippen LogP contribution in [-0.2, 0) is 0 Å². The topological polar surface area (TPSA) is 85.1 Å². The molecule has 0 bridgehead atoms. The molecule has 0 unspecified atom stereocenters. The Labute approximate surface area is 167 Å². The lowest BCUT2D eigenvalue weighted by Gasteiger charge is -2.33. The van der Waals surface area contributed by atoms with E-state index in [1.165, 1.54) is 36.4 Å². The third-order valence-corrected chi connectivity index (χ3v) is 4.58. The van der Waals surface area contributed by atoms with E-state index in [0.717, 1.165) is 26.1 Å². The van der Waals surface area contributed by atoms with Crippen LogP contribution in [0.2, 0.25) is 0 Å². The van der Waals surface area contributed by atoms with Gasteiger partial charge in [0.25, 0.3) is 5.69 Å². The van der Waals surface area contributed by atoms with E-state index in [0.29, 0.717) is 25.4 Å². The van der Waals surface area contributed by atoms with Gasteiger partial charge in [-0.05, 0) is 42.8 Å². The van der Waals surface area contributed by atoms with Gasteiger partial charge in [0, 0.05) is 44.9 Å². The largest absolute Gasteiger partial charge is 0.494 e. The number of halogens is 1. The summed E-state index contributed by atoms with van der Waals surface area (Å²) in [6.07, 6.45) is 0.364. The summed E-state index contributed by atoms with van der Waals surface area (Å²) < 4.78 is 23.7. The summed E-state index contributed by atoms with van der Waals surface area (Å²) in [5.74, 6) is 0.633. The van der Waals surface area contributed by atoms with Gasteiger partial charge >= 0.3 is 6.09 Å². The van der Waals surface area contributed by atoms with Crippen molar-refractivity contribution < 1.29 is 23.6 Å². The van der Waals surface area contributed by atoms with Crippen LogP contribution in [0.15, 0.2) is 48.5 Å². The summed E-state index contributed by atoms with van der Waals surface area (Å²) in [5.41, 5.74) is -0.0539. The van der Waals surface area contributed by atoms with E-state index in [9.17, 15) is 19.3 Å². The number of ether oxygens (including phenoxy) is 2. The first-order valence-corrected chi connectivity index (χ1v) is 9.33. The van der Waals surface area contributed by atoms with Gasteiger partial charge in [-0.15, -0.1) is 0 Å². The van der Waals surface area contributed by atoms with Gasteiger partial charge in [0.2, 0.25) is 0 Å². The first-order chi connectivity index (χ1) is 14.0. The predicted molar refractivity (Wildman–Crippen MR) is 104 cm³/mol. The molecule has 2 aromatic rings. The summed E-state index contributed by atoms with van der Waals surface area (Å²) in [7, 11) is 0. The van der Waals surface area contributed by atoms with Crippen LogP contribution >= 0.6 is 0 Å². The second kappa shape index (κ2) is 9.83. The Morgan fingerprint density at radius 3 is 2.24 bits per heavy atom. The highest BCUT2D eigenvalue weighted by Gasteiger charge is 2.22. The number of nitrogens with zero attached hydrogens (tertiary/aromatic N) is 3. The van der Waals surface area contributed by atoms with Crippen molar-refractivity contribution in [3.8, 4) is 11.5 Å². The van der Waals surface area contributed by atoms with Crippen molar-refractivity contribution in [1.29, 1.82) is 0 Å². The number of rotatable bonds is 7. The molecule has 1 aliphatic heterocycles. The molecule has 1 saturated heterocycles. The smallest absolute Gasteiger partial charge is 0.415 e. The highest BCUT2D eigenvalue weighted by atomic mass is 19.1. The van der Waals surface area contributed by atoms with Crippen molar-refractivity contribution in [1.82, 2.24) is 9.80 Å². The lowest BCUT2D eigenvalue weighted by atomic mass is 10.3. The molecule has 29 heavy (non-hydrogen) atoms. The number of nitro groups is 1. The molecule has 0 aliphatic carbocycles. The Hall–Kier alpha value is -3.20. The minimum Gasteiger partial charge on any atom is -0.494 e.